The predicted molar refractivity (Wildman–Crippen MR) is 89.6 cm³/mol. The number of aromatic nitrogens is 3. The van der Waals surface area contributed by atoms with Crippen molar-refractivity contribution in [1.29, 1.82) is 0 Å². The minimum Gasteiger partial charge on any atom is -0.360 e. The van der Waals surface area contributed by atoms with Crippen molar-refractivity contribution in [1.82, 2.24) is 15.0 Å². The van der Waals surface area contributed by atoms with E-state index in [-0.39, 0.29) is 0 Å². The third-order valence-electron chi connectivity index (χ3n) is 3.91. The molecule has 0 aliphatic rings. The smallest absolute Gasteiger partial charge is 0.111 e. The lowest BCUT2D eigenvalue weighted by Crippen LogP contribution is -1.95. The second kappa shape index (κ2) is 4.74. The van der Waals surface area contributed by atoms with Gasteiger partial charge in [-0.3, -0.25) is 0 Å². The van der Waals surface area contributed by atoms with Crippen LogP contribution in [0.5, 0.6) is 0 Å². The van der Waals surface area contributed by atoms with E-state index in [0.29, 0.717) is 0 Å². The molecule has 2 aromatic carbocycles. The fourth-order valence-corrected chi connectivity index (χ4v) is 3.54. The molecule has 0 aliphatic heterocycles. The summed E-state index contributed by atoms with van der Waals surface area (Å²) in [6.45, 7) is 2.15. The van der Waals surface area contributed by atoms with E-state index in [1.807, 2.05) is 24.4 Å². The van der Waals surface area contributed by atoms with Crippen molar-refractivity contribution in [3.05, 3.63) is 64.0 Å². The number of hydrogen-bond acceptors (Lipinski definition) is 1. The molecule has 3 nitrogen and oxygen atoms in total. The van der Waals surface area contributed by atoms with E-state index in [1.165, 1.54) is 16.5 Å². The highest BCUT2D eigenvalue weighted by molar-refractivity contribution is 9.10. The van der Waals surface area contributed by atoms with Gasteiger partial charge in [0.25, 0.3) is 0 Å². The molecule has 0 spiro atoms. The van der Waals surface area contributed by atoms with E-state index in [2.05, 4.69) is 56.0 Å². The van der Waals surface area contributed by atoms with Crippen molar-refractivity contribution in [3.8, 4) is 0 Å². The van der Waals surface area contributed by atoms with Crippen LogP contribution < -0.4 is 0 Å². The summed E-state index contributed by atoms with van der Waals surface area (Å²) < 4.78 is 1.10. The van der Waals surface area contributed by atoms with Crippen LogP contribution in [0.3, 0.4) is 0 Å². The van der Waals surface area contributed by atoms with Gasteiger partial charge in [0.15, 0.2) is 0 Å². The number of benzene rings is 2. The summed E-state index contributed by atoms with van der Waals surface area (Å²) >= 11 is 3.62. The van der Waals surface area contributed by atoms with E-state index >= 15 is 0 Å². The van der Waals surface area contributed by atoms with Crippen molar-refractivity contribution < 1.29 is 0 Å². The first-order chi connectivity index (χ1) is 10.2. The second-order valence-corrected chi connectivity index (χ2v) is 6.15. The first-order valence-corrected chi connectivity index (χ1v) is 7.70. The number of nitrogens with zero attached hydrogens (tertiary/aromatic N) is 1. The number of rotatable bonds is 2. The number of H-pyrrole nitrogens is 2. The van der Waals surface area contributed by atoms with Crippen molar-refractivity contribution >= 4 is 37.9 Å². The Kier molecular flexibility index (Phi) is 2.86. The molecular formula is C17H14BrN3. The predicted octanol–water partition coefficient (Wildman–Crippen LogP) is 4.71. The molecule has 0 unspecified atom stereocenters. The molecule has 0 fully saturated rings. The van der Waals surface area contributed by atoms with E-state index in [4.69, 9.17) is 0 Å². The molecule has 0 radical (unpaired) electrons. The highest BCUT2D eigenvalue weighted by Crippen LogP contribution is 2.30. The standard InChI is InChI=1S/C17H14BrN3/c1-10-8-13(18)17-11(6-7-19-17)12(10)9-16-20-14-4-2-3-5-15(14)21-16/h2-8,19H,9H2,1H3,(H,20,21). The Labute approximate surface area is 130 Å². The summed E-state index contributed by atoms with van der Waals surface area (Å²) in [4.78, 5) is 11.4. The molecule has 0 amide bonds. The molecule has 104 valence electrons. The molecule has 0 saturated heterocycles. The maximum Gasteiger partial charge on any atom is 0.111 e. The average Bonchev–Trinajstić information content (AvgIpc) is 3.09. The number of aromatic amines is 2. The third kappa shape index (κ3) is 2.07. The lowest BCUT2D eigenvalue weighted by atomic mass is 10.0. The summed E-state index contributed by atoms with van der Waals surface area (Å²) in [6.07, 6.45) is 2.79. The van der Waals surface area contributed by atoms with Crippen molar-refractivity contribution in [3.63, 3.8) is 0 Å². The zero-order chi connectivity index (χ0) is 14.4. The van der Waals surface area contributed by atoms with Crippen LogP contribution >= 0.6 is 15.9 Å². The normalized spacial score (nSPS) is 11.5. The maximum absolute atomic E-state index is 4.69. The minimum absolute atomic E-state index is 0.808. The molecule has 2 aromatic heterocycles. The summed E-state index contributed by atoms with van der Waals surface area (Å²) in [7, 11) is 0. The molecule has 4 rings (SSSR count). The van der Waals surface area contributed by atoms with Gasteiger partial charge in [0.05, 0.1) is 16.6 Å². The van der Waals surface area contributed by atoms with Crippen LogP contribution in [0.1, 0.15) is 17.0 Å². The zero-order valence-corrected chi connectivity index (χ0v) is 13.2. The van der Waals surface area contributed by atoms with Crippen LogP contribution in [0.25, 0.3) is 21.9 Å². The van der Waals surface area contributed by atoms with E-state index < -0.39 is 0 Å². The summed E-state index contributed by atoms with van der Waals surface area (Å²) in [5.41, 5.74) is 5.84. The number of halogens is 1. The van der Waals surface area contributed by atoms with Crippen molar-refractivity contribution in [2.45, 2.75) is 13.3 Å². The first-order valence-electron chi connectivity index (χ1n) is 6.91. The van der Waals surface area contributed by atoms with Crippen LogP contribution in [0.4, 0.5) is 0 Å². The Balaban J connectivity index is 1.85. The van der Waals surface area contributed by atoms with Gasteiger partial charge in [-0.15, -0.1) is 0 Å². The molecule has 2 heterocycles. The van der Waals surface area contributed by atoms with Gasteiger partial charge < -0.3 is 9.97 Å². The molecule has 0 aliphatic carbocycles. The van der Waals surface area contributed by atoms with E-state index in [9.17, 15) is 0 Å². The highest BCUT2D eigenvalue weighted by Gasteiger charge is 2.12. The van der Waals surface area contributed by atoms with Gasteiger partial charge >= 0.3 is 0 Å². The molecule has 0 saturated carbocycles. The lowest BCUT2D eigenvalue weighted by molar-refractivity contribution is 1.04. The summed E-state index contributed by atoms with van der Waals surface area (Å²) in [5, 5.41) is 1.25. The molecule has 21 heavy (non-hydrogen) atoms. The maximum atomic E-state index is 4.69. The molecular weight excluding hydrogens is 326 g/mol. The molecule has 4 heteroatoms. The Morgan fingerprint density at radius 1 is 1.19 bits per heavy atom. The summed E-state index contributed by atoms with van der Waals surface area (Å²) in [6, 6.07) is 12.4. The number of imidazole rings is 1. The van der Waals surface area contributed by atoms with Gasteiger partial charge in [-0.2, -0.15) is 0 Å². The lowest BCUT2D eigenvalue weighted by Gasteiger charge is -2.08. The van der Waals surface area contributed by atoms with Crippen molar-refractivity contribution in [2.24, 2.45) is 0 Å². The fraction of sp³-hybridized carbons (Fsp3) is 0.118. The summed E-state index contributed by atoms with van der Waals surface area (Å²) in [5.74, 6) is 1.00. The second-order valence-electron chi connectivity index (χ2n) is 5.30. The van der Waals surface area contributed by atoms with Crippen molar-refractivity contribution in [2.75, 3.05) is 0 Å². The average molecular weight is 340 g/mol. The Bertz CT molecular complexity index is 916. The topological polar surface area (TPSA) is 44.5 Å². The van der Waals surface area contributed by atoms with Gasteiger partial charge in [-0.05, 0) is 58.2 Å². The quantitative estimate of drug-likeness (QED) is 0.546. The van der Waals surface area contributed by atoms with Gasteiger partial charge in [-0.1, -0.05) is 12.1 Å². The third-order valence-corrected chi connectivity index (χ3v) is 4.54. The van der Waals surface area contributed by atoms with Crippen LogP contribution in [0.15, 0.2) is 47.1 Å². The zero-order valence-electron chi connectivity index (χ0n) is 11.6. The van der Waals surface area contributed by atoms with Crippen LogP contribution in [-0.2, 0) is 6.42 Å². The van der Waals surface area contributed by atoms with Crippen LogP contribution in [0, 0.1) is 6.92 Å². The number of para-hydroxylation sites is 2. The van der Waals surface area contributed by atoms with E-state index in [1.54, 1.807) is 0 Å². The number of fused-ring (bicyclic) bond motifs is 2. The molecule has 0 bridgehead atoms. The SMILES string of the molecule is Cc1cc(Br)c2[nH]ccc2c1Cc1nc2ccccc2[nH]1. The number of aryl methyl sites for hydroxylation is 1. The minimum atomic E-state index is 0.808. The van der Waals surface area contributed by atoms with E-state index in [0.717, 1.165) is 33.3 Å². The number of hydrogen-bond donors (Lipinski definition) is 2. The Morgan fingerprint density at radius 3 is 2.90 bits per heavy atom. The van der Waals surface area contributed by atoms with Gasteiger partial charge in [0.1, 0.15) is 5.82 Å². The van der Waals surface area contributed by atoms with Gasteiger partial charge in [0, 0.05) is 22.5 Å². The van der Waals surface area contributed by atoms with Crippen LogP contribution in [0.2, 0.25) is 0 Å². The first kappa shape index (κ1) is 12.7. The highest BCUT2D eigenvalue weighted by atomic mass is 79.9. The monoisotopic (exact) mass is 339 g/mol. The van der Waals surface area contributed by atoms with Crippen LogP contribution in [-0.4, -0.2) is 15.0 Å². The molecule has 4 aromatic rings. The Morgan fingerprint density at radius 2 is 2.05 bits per heavy atom. The fourth-order valence-electron chi connectivity index (χ4n) is 2.87. The Hall–Kier alpha value is -2.07. The molecule has 0 atom stereocenters. The van der Waals surface area contributed by atoms with Gasteiger partial charge in [-0.25, -0.2) is 4.98 Å². The number of nitrogens with one attached hydrogen (secondary N) is 2. The van der Waals surface area contributed by atoms with Gasteiger partial charge in [0.2, 0.25) is 0 Å². The molecule has 2 N–H and O–H groups in total. The largest absolute Gasteiger partial charge is 0.360 e.